The van der Waals surface area contributed by atoms with Crippen molar-refractivity contribution < 1.29 is 22.5 Å². The Balaban J connectivity index is 0.000000369. The first kappa shape index (κ1) is 34.2. The summed E-state index contributed by atoms with van der Waals surface area (Å²) in [5.41, 5.74) is 1.46. The van der Waals surface area contributed by atoms with Crippen LogP contribution in [0, 0.1) is 12.8 Å². The highest BCUT2D eigenvalue weighted by Gasteiger charge is 2.23. The summed E-state index contributed by atoms with van der Waals surface area (Å²) in [6.07, 6.45) is 4.46. The molecule has 1 N–H and O–H groups in total. The lowest BCUT2D eigenvalue weighted by molar-refractivity contribution is 0.0991. The third-order valence-corrected chi connectivity index (χ3v) is 9.62. The van der Waals surface area contributed by atoms with Crippen molar-refractivity contribution in [1.29, 1.82) is 0 Å². The largest absolute Gasteiger partial charge is 0.491 e. The van der Waals surface area contributed by atoms with Crippen molar-refractivity contribution in [3.8, 4) is 5.75 Å². The van der Waals surface area contributed by atoms with E-state index in [4.69, 9.17) is 9.29 Å². The van der Waals surface area contributed by atoms with E-state index in [9.17, 15) is 13.2 Å². The summed E-state index contributed by atoms with van der Waals surface area (Å²) in [6.45, 7) is 15.3. The van der Waals surface area contributed by atoms with Crippen LogP contribution >= 0.6 is 27.3 Å². The van der Waals surface area contributed by atoms with Gasteiger partial charge in [0.15, 0.2) is 4.80 Å². The fraction of sp³-hybridized carbons (Fsp3) is 0.484. The topological polar surface area (TPSA) is 101 Å². The minimum absolute atomic E-state index is 0.0115. The van der Waals surface area contributed by atoms with Crippen LogP contribution in [-0.2, 0) is 22.1 Å². The van der Waals surface area contributed by atoms with Gasteiger partial charge in [-0.1, -0.05) is 68.2 Å². The number of likely N-dealkylation sites (tertiary alicyclic amines) is 1. The number of hydrogen-bond donors (Lipinski definition) is 1. The zero-order chi connectivity index (χ0) is 31.2. The normalized spacial score (nSPS) is 16.4. The number of halogens is 1. The molecule has 1 fully saturated rings. The zero-order valence-corrected chi connectivity index (χ0v) is 28.6. The van der Waals surface area contributed by atoms with Gasteiger partial charge in [0, 0.05) is 28.1 Å². The van der Waals surface area contributed by atoms with Crippen molar-refractivity contribution in [1.82, 2.24) is 9.47 Å². The van der Waals surface area contributed by atoms with Crippen LogP contribution in [0.1, 0.15) is 68.3 Å². The molecule has 0 spiro atoms. The molecule has 42 heavy (non-hydrogen) atoms. The van der Waals surface area contributed by atoms with Crippen LogP contribution in [0.4, 0.5) is 0 Å². The Bertz CT molecular complexity index is 1540. The van der Waals surface area contributed by atoms with Crippen molar-refractivity contribution >= 4 is 43.3 Å². The molecule has 1 saturated heterocycles. The smallest absolute Gasteiger partial charge is 0.294 e. The third-order valence-electron chi connectivity index (χ3n) is 6.81. The molecule has 4 rings (SSSR count). The maximum atomic E-state index is 13.3. The summed E-state index contributed by atoms with van der Waals surface area (Å²) in [5, 5.41) is 0. The summed E-state index contributed by atoms with van der Waals surface area (Å²) < 4.78 is 38.6. The van der Waals surface area contributed by atoms with E-state index >= 15 is 0 Å². The second kappa shape index (κ2) is 14.4. The van der Waals surface area contributed by atoms with Gasteiger partial charge in [-0.05, 0) is 75.0 Å². The molecular formula is C31H42BrN3O5S2. The van der Waals surface area contributed by atoms with Gasteiger partial charge in [0.05, 0.1) is 10.5 Å². The van der Waals surface area contributed by atoms with Gasteiger partial charge >= 0.3 is 0 Å². The number of hydrogen-bond acceptors (Lipinski definition) is 6. The average molecular weight is 681 g/mol. The first-order valence-electron chi connectivity index (χ1n) is 14.0. The molecule has 0 aliphatic carbocycles. The van der Waals surface area contributed by atoms with Gasteiger partial charge in [-0.15, -0.1) is 11.3 Å². The first-order chi connectivity index (χ1) is 19.5. The van der Waals surface area contributed by atoms with Gasteiger partial charge in [-0.25, -0.2) is 0 Å². The molecular weight excluding hydrogens is 638 g/mol. The Kier molecular flexibility index (Phi) is 11.8. The van der Waals surface area contributed by atoms with E-state index in [1.165, 1.54) is 23.4 Å². The van der Waals surface area contributed by atoms with E-state index in [1.807, 2.05) is 25.1 Å². The Morgan fingerprint density at radius 3 is 2.40 bits per heavy atom. The van der Waals surface area contributed by atoms with E-state index in [0.29, 0.717) is 29.9 Å². The molecule has 0 unspecified atom stereocenters. The summed E-state index contributed by atoms with van der Waals surface area (Å²) in [5.74, 6) is 0.792. The van der Waals surface area contributed by atoms with Crippen LogP contribution in [-0.4, -0.2) is 54.6 Å². The Morgan fingerprint density at radius 2 is 1.86 bits per heavy atom. The van der Waals surface area contributed by atoms with Gasteiger partial charge in [0.2, 0.25) is 0 Å². The second-order valence-corrected chi connectivity index (χ2v) is 15.5. The standard InChI is InChI=1S/C24H34BrN3O2S.C7H8O3S/c1-16(2)13-28-14-21(24(3,4)5)31-23(28)26-22(29)19-12-17(25)9-10-20(19)30-15-18-8-7-11-27(18)6;1-6-2-4-7(5-3-6)11(8,9)10/h9-10,12,14,16,18H,7-8,11,13,15H2,1-6H3;2-5H,1H3,(H,8,9,10)/t18-;/m0./s1. The van der Waals surface area contributed by atoms with E-state index in [2.05, 4.69) is 78.3 Å². The van der Waals surface area contributed by atoms with Crippen LogP contribution in [0.5, 0.6) is 5.75 Å². The molecule has 0 radical (unpaired) electrons. The van der Waals surface area contributed by atoms with Gasteiger partial charge in [-0.2, -0.15) is 13.4 Å². The number of nitrogens with zero attached hydrogens (tertiary/aromatic N) is 3. The maximum absolute atomic E-state index is 13.3. The van der Waals surface area contributed by atoms with Crippen LogP contribution in [0.3, 0.4) is 0 Å². The van der Waals surface area contributed by atoms with Crippen molar-refractivity contribution in [3.05, 3.63) is 73.9 Å². The van der Waals surface area contributed by atoms with E-state index < -0.39 is 10.1 Å². The van der Waals surface area contributed by atoms with E-state index in [1.54, 1.807) is 23.5 Å². The third kappa shape index (κ3) is 9.87. The molecule has 8 nitrogen and oxygen atoms in total. The number of benzene rings is 2. The lowest BCUT2D eigenvalue weighted by Crippen LogP contribution is -2.30. The number of thiazole rings is 1. The number of amides is 1. The van der Waals surface area contributed by atoms with E-state index in [0.717, 1.165) is 34.3 Å². The second-order valence-electron chi connectivity index (χ2n) is 12.1. The van der Waals surface area contributed by atoms with Crippen molar-refractivity contribution in [2.24, 2.45) is 10.9 Å². The number of rotatable bonds is 7. The van der Waals surface area contributed by atoms with E-state index in [-0.39, 0.29) is 16.2 Å². The molecule has 1 aliphatic rings. The molecule has 3 aromatic rings. The lowest BCUT2D eigenvalue weighted by atomic mass is 9.95. The highest BCUT2D eigenvalue weighted by Crippen LogP contribution is 2.27. The molecule has 1 amide bonds. The quantitative estimate of drug-likeness (QED) is 0.278. The number of carbonyl (C=O) groups excluding carboxylic acids is 1. The van der Waals surface area contributed by atoms with Gasteiger partial charge < -0.3 is 14.2 Å². The average Bonchev–Trinajstić information content (AvgIpc) is 3.48. The highest BCUT2D eigenvalue weighted by atomic mass is 79.9. The Morgan fingerprint density at radius 1 is 1.19 bits per heavy atom. The number of aryl methyl sites for hydroxylation is 1. The number of ether oxygens (including phenoxy) is 1. The molecule has 0 saturated carbocycles. The highest BCUT2D eigenvalue weighted by molar-refractivity contribution is 9.10. The summed E-state index contributed by atoms with van der Waals surface area (Å²) in [7, 11) is -1.89. The monoisotopic (exact) mass is 679 g/mol. The predicted octanol–water partition coefficient (Wildman–Crippen LogP) is 6.72. The zero-order valence-electron chi connectivity index (χ0n) is 25.4. The Hall–Kier alpha value is -2.31. The van der Waals surface area contributed by atoms with Gasteiger partial charge in [0.1, 0.15) is 12.4 Å². The van der Waals surface area contributed by atoms with Gasteiger partial charge in [0.25, 0.3) is 16.0 Å². The fourth-order valence-electron chi connectivity index (χ4n) is 4.37. The molecule has 2 aromatic carbocycles. The minimum Gasteiger partial charge on any atom is -0.491 e. The number of likely N-dealkylation sites (N-methyl/N-ethyl adjacent to an activating group) is 1. The molecule has 0 bridgehead atoms. The molecule has 1 aromatic heterocycles. The lowest BCUT2D eigenvalue weighted by Gasteiger charge is -2.20. The predicted molar refractivity (Wildman–Crippen MR) is 172 cm³/mol. The number of aromatic nitrogens is 1. The molecule has 230 valence electrons. The summed E-state index contributed by atoms with van der Waals surface area (Å²) in [4.78, 5) is 22.0. The van der Waals surface area contributed by atoms with Crippen LogP contribution in [0.25, 0.3) is 0 Å². The SMILES string of the molecule is CC(C)Cn1cc(C(C)(C)C)sc1=NC(=O)c1cc(Br)ccc1OC[C@@H]1CCCN1C.Cc1ccc(S(=O)(=O)O)cc1. The Labute approximate surface area is 262 Å². The minimum atomic E-state index is -4.02. The summed E-state index contributed by atoms with van der Waals surface area (Å²) in [6, 6.07) is 12.0. The molecule has 1 aliphatic heterocycles. The van der Waals surface area contributed by atoms with Crippen LogP contribution in [0.15, 0.2) is 63.0 Å². The number of carbonyl (C=O) groups is 1. The summed E-state index contributed by atoms with van der Waals surface area (Å²) >= 11 is 5.09. The van der Waals surface area contributed by atoms with Gasteiger partial charge in [-0.3, -0.25) is 9.35 Å². The molecule has 11 heteroatoms. The molecule has 1 atom stereocenters. The van der Waals surface area contributed by atoms with Crippen LogP contribution in [0.2, 0.25) is 0 Å². The van der Waals surface area contributed by atoms with Crippen molar-refractivity contribution in [2.75, 3.05) is 20.2 Å². The fourth-order valence-corrected chi connectivity index (χ4v) is 6.26. The van der Waals surface area contributed by atoms with Crippen LogP contribution < -0.4 is 9.54 Å². The maximum Gasteiger partial charge on any atom is 0.294 e. The van der Waals surface area contributed by atoms with Crippen molar-refractivity contribution in [3.63, 3.8) is 0 Å². The molecule has 2 heterocycles. The van der Waals surface area contributed by atoms with Crippen molar-refractivity contribution in [2.45, 2.75) is 77.3 Å². The first-order valence-corrected chi connectivity index (χ1v) is 17.1.